The number of nitrogens with zero attached hydrogens (tertiary/aromatic N) is 3. The van der Waals surface area contributed by atoms with Gasteiger partial charge in [-0.3, -0.25) is 4.79 Å². The molecule has 2 aromatic heterocycles. The molecule has 5 heterocycles. The van der Waals surface area contributed by atoms with E-state index >= 15 is 0 Å². The van der Waals surface area contributed by atoms with E-state index in [1.165, 1.54) is 0 Å². The minimum Gasteiger partial charge on any atom is -0.466 e. The van der Waals surface area contributed by atoms with E-state index in [2.05, 4.69) is 21.3 Å². The van der Waals surface area contributed by atoms with E-state index in [4.69, 9.17) is 9.15 Å². The highest BCUT2D eigenvalue weighted by Gasteiger charge is 2.63. The summed E-state index contributed by atoms with van der Waals surface area (Å²) in [5.41, 5.74) is 1.06. The van der Waals surface area contributed by atoms with Crippen LogP contribution in [0.3, 0.4) is 0 Å². The number of pyridine rings is 1. The monoisotopic (exact) mass is 392 g/mol. The second kappa shape index (κ2) is 6.60. The SMILES string of the molecule is Cc1cc(C(=O)NC[C@H]2[C@H]3CN(c4cc(C#N)ccn4)C[C@]34CC[C@H]2O4)c(C)o1. The first-order chi connectivity index (χ1) is 14.0. The normalized spacial score (nSPS) is 29.7. The smallest absolute Gasteiger partial charge is 0.254 e. The number of amides is 1. The lowest BCUT2D eigenvalue weighted by Gasteiger charge is -2.29. The third-order valence-corrected chi connectivity index (χ3v) is 6.77. The minimum absolute atomic E-state index is 0.0885. The molecule has 5 rings (SSSR count). The molecule has 1 spiro atoms. The van der Waals surface area contributed by atoms with Gasteiger partial charge in [0.2, 0.25) is 0 Å². The topological polar surface area (TPSA) is 91.4 Å². The van der Waals surface area contributed by atoms with Crippen LogP contribution >= 0.6 is 0 Å². The van der Waals surface area contributed by atoms with Crippen LogP contribution in [-0.2, 0) is 4.74 Å². The average Bonchev–Trinajstić information content (AvgIpc) is 3.45. The lowest BCUT2D eigenvalue weighted by molar-refractivity contribution is 0.0141. The number of fused-ring (bicyclic) bond motifs is 1. The van der Waals surface area contributed by atoms with Crippen LogP contribution in [0.1, 0.15) is 40.3 Å². The van der Waals surface area contributed by atoms with E-state index < -0.39 is 0 Å². The van der Waals surface area contributed by atoms with Gasteiger partial charge in [-0.25, -0.2) is 4.98 Å². The summed E-state index contributed by atoms with van der Waals surface area (Å²) in [6.45, 7) is 5.89. The Balaban J connectivity index is 1.31. The van der Waals surface area contributed by atoms with E-state index in [0.717, 1.165) is 37.5 Å². The highest BCUT2D eigenvalue weighted by Crippen LogP contribution is 2.55. The summed E-state index contributed by atoms with van der Waals surface area (Å²) in [7, 11) is 0. The van der Waals surface area contributed by atoms with E-state index in [1.54, 1.807) is 18.3 Å². The summed E-state index contributed by atoms with van der Waals surface area (Å²) in [5.74, 6) is 2.76. The number of ether oxygens (including phenoxy) is 1. The van der Waals surface area contributed by atoms with Gasteiger partial charge in [0, 0.05) is 37.7 Å². The number of carbonyl (C=O) groups is 1. The van der Waals surface area contributed by atoms with Gasteiger partial charge in [0.25, 0.3) is 5.91 Å². The number of aryl methyl sites for hydroxylation is 2. The van der Waals surface area contributed by atoms with Gasteiger partial charge in [0.15, 0.2) is 0 Å². The molecule has 2 bridgehead atoms. The molecular weight excluding hydrogens is 368 g/mol. The fourth-order valence-electron chi connectivity index (χ4n) is 5.46. The molecule has 0 unspecified atom stereocenters. The number of nitriles is 1. The predicted octanol–water partition coefficient (Wildman–Crippen LogP) is 2.58. The molecule has 1 amide bonds. The summed E-state index contributed by atoms with van der Waals surface area (Å²) in [6.07, 6.45) is 3.96. The minimum atomic E-state index is -0.160. The second-order valence-corrected chi connectivity index (χ2v) is 8.46. The van der Waals surface area contributed by atoms with Crippen molar-refractivity contribution in [1.82, 2.24) is 10.3 Å². The first-order valence-corrected chi connectivity index (χ1v) is 10.1. The van der Waals surface area contributed by atoms with Crippen LogP contribution < -0.4 is 10.2 Å². The zero-order valence-corrected chi connectivity index (χ0v) is 16.6. The van der Waals surface area contributed by atoms with E-state index in [9.17, 15) is 10.1 Å². The molecule has 0 aromatic carbocycles. The molecule has 2 aromatic rings. The van der Waals surface area contributed by atoms with Gasteiger partial charge in [-0.15, -0.1) is 0 Å². The number of anilines is 1. The summed E-state index contributed by atoms with van der Waals surface area (Å²) in [6, 6.07) is 7.53. The highest BCUT2D eigenvalue weighted by atomic mass is 16.5. The third-order valence-electron chi connectivity index (χ3n) is 6.77. The molecule has 0 radical (unpaired) electrons. The van der Waals surface area contributed by atoms with Crippen LogP contribution in [-0.4, -0.2) is 42.2 Å². The Labute approximate surface area is 169 Å². The zero-order valence-electron chi connectivity index (χ0n) is 16.6. The van der Waals surface area contributed by atoms with Crippen LogP contribution in [0, 0.1) is 37.0 Å². The summed E-state index contributed by atoms with van der Waals surface area (Å²) < 4.78 is 12.0. The van der Waals surface area contributed by atoms with Crippen LogP contribution in [0.15, 0.2) is 28.8 Å². The number of hydrogen-bond donors (Lipinski definition) is 1. The van der Waals surface area contributed by atoms with Crippen molar-refractivity contribution in [1.29, 1.82) is 5.26 Å². The largest absolute Gasteiger partial charge is 0.466 e. The highest BCUT2D eigenvalue weighted by molar-refractivity contribution is 5.95. The van der Waals surface area contributed by atoms with Crippen LogP contribution in [0.25, 0.3) is 0 Å². The van der Waals surface area contributed by atoms with Gasteiger partial charge in [-0.2, -0.15) is 5.26 Å². The first-order valence-electron chi connectivity index (χ1n) is 10.1. The molecule has 3 saturated heterocycles. The maximum absolute atomic E-state index is 12.6. The number of aromatic nitrogens is 1. The molecule has 1 N–H and O–H groups in total. The molecule has 150 valence electrons. The van der Waals surface area contributed by atoms with E-state index in [0.29, 0.717) is 29.3 Å². The Morgan fingerprint density at radius 1 is 1.45 bits per heavy atom. The number of hydrogen-bond acceptors (Lipinski definition) is 6. The molecule has 29 heavy (non-hydrogen) atoms. The van der Waals surface area contributed by atoms with Crippen molar-refractivity contribution in [2.24, 2.45) is 11.8 Å². The molecule has 4 atom stereocenters. The Morgan fingerprint density at radius 2 is 2.31 bits per heavy atom. The molecule has 7 nitrogen and oxygen atoms in total. The van der Waals surface area contributed by atoms with Crippen molar-refractivity contribution in [2.75, 3.05) is 24.5 Å². The summed E-state index contributed by atoms with van der Waals surface area (Å²) in [4.78, 5) is 19.3. The van der Waals surface area contributed by atoms with Crippen LogP contribution in [0.2, 0.25) is 0 Å². The lowest BCUT2D eigenvalue weighted by atomic mass is 9.73. The Hall–Kier alpha value is -2.85. The van der Waals surface area contributed by atoms with Crippen molar-refractivity contribution in [3.63, 3.8) is 0 Å². The number of furan rings is 1. The van der Waals surface area contributed by atoms with Gasteiger partial charge in [0.1, 0.15) is 17.3 Å². The third kappa shape index (κ3) is 2.90. The van der Waals surface area contributed by atoms with Gasteiger partial charge in [-0.1, -0.05) is 0 Å². The van der Waals surface area contributed by atoms with Crippen molar-refractivity contribution in [3.8, 4) is 6.07 Å². The fourth-order valence-corrected chi connectivity index (χ4v) is 5.46. The second-order valence-electron chi connectivity index (χ2n) is 8.46. The molecule has 0 aliphatic carbocycles. The van der Waals surface area contributed by atoms with Gasteiger partial charge >= 0.3 is 0 Å². The van der Waals surface area contributed by atoms with Crippen molar-refractivity contribution in [2.45, 2.75) is 38.4 Å². The quantitative estimate of drug-likeness (QED) is 0.860. The average molecular weight is 392 g/mol. The molecule has 3 aliphatic heterocycles. The Bertz CT molecular complexity index is 1010. The fraction of sp³-hybridized carbons (Fsp3) is 0.500. The number of nitrogens with one attached hydrogen (secondary N) is 1. The number of carbonyl (C=O) groups excluding carboxylic acids is 1. The standard InChI is InChI=1S/C22H24N4O3/c1-13-7-16(14(2)28-13)21(27)25-10-17-18-11-26(12-22(18)5-3-19(17)29-22)20-8-15(9-23)4-6-24-20/h4,6-8,17-19H,3,5,10-12H2,1-2H3,(H,25,27)/t17-,18+,19+,22+/m0/s1. The molecular formula is C22H24N4O3. The Kier molecular flexibility index (Phi) is 4.14. The predicted molar refractivity (Wildman–Crippen MR) is 105 cm³/mol. The lowest BCUT2D eigenvalue weighted by Crippen LogP contribution is -2.41. The van der Waals surface area contributed by atoms with Crippen LogP contribution in [0.5, 0.6) is 0 Å². The molecule has 3 aliphatic rings. The maximum atomic E-state index is 12.6. The zero-order chi connectivity index (χ0) is 20.2. The van der Waals surface area contributed by atoms with Crippen molar-refractivity contribution < 1.29 is 13.9 Å². The molecule has 7 heteroatoms. The molecule has 0 saturated carbocycles. The van der Waals surface area contributed by atoms with Crippen molar-refractivity contribution in [3.05, 3.63) is 47.0 Å². The summed E-state index contributed by atoms with van der Waals surface area (Å²) >= 11 is 0. The summed E-state index contributed by atoms with van der Waals surface area (Å²) in [5, 5.41) is 12.3. The van der Waals surface area contributed by atoms with E-state index in [-0.39, 0.29) is 23.5 Å². The number of rotatable bonds is 4. The molecule has 3 fully saturated rings. The first kappa shape index (κ1) is 18.2. The van der Waals surface area contributed by atoms with Gasteiger partial charge in [-0.05, 0) is 44.9 Å². The van der Waals surface area contributed by atoms with Gasteiger partial charge in [0.05, 0.1) is 28.9 Å². The van der Waals surface area contributed by atoms with Crippen molar-refractivity contribution >= 4 is 11.7 Å². The maximum Gasteiger partial charge on any atom is 0.254 e. The van der Waals surface area contributed by atoms with Crippen LogP contribution in [0.4, 0.5) is 5.82 Å². The van der Waals surface area contributed by atoms with E-state index in [1.807, 2.05) is 19.9 Å². The Morgan fingerprint density at radius 3 is 3.07 bits per heavy atom. The van der Waals surface area contributed by atoms with Gasteiger partial charge < -0.3 is 19.4 Å².